The van der Waals surface area contributed by atoms with Gasteiger partial charge in [0.2, 0.25) is 5.91 Å². The fourth-order valence-corrected chi connectivity index (χ4v) is 10.6. The average Bonchev–Trinajstić information content (AvgIpc) is 3.97. The van der Waals surface area contributed by atoms with Crippen molar-refractivity contribution in [3.05, 3.63) is 117 Å². The Kier molecular flexibility index (Phi) is 13.5. The minimum atomic E-state index is -4.65. The molecular formula is C49H56ClN11O7S. The van der Waals surface area contributed by atoms with Gasteiger partial charge in [-0.15, -0.1) is 0 Å². The smallest absolute Gasteiger partial charge is 0.293 e. The van der Waals surface area contributed by atoms with Gasteiger partial charge < -0.3 is 29.7 Å². The van der Waals surface area contributed by atoms with Gasteiger partial charge in [-0.3, -0.25) is 24.6 Å². The van der Waals surface area contributed by atoms with Gasteiger partial charge in [-0.2, -0.15) is 5.10 Å². The second kappa shape index (κ2) is 19.6. The highest BCUT2D eigenvalue weighted by Crippen LogP contribution is 2.43. The van der Waals surface area contributed by atoms with E-state index in [1.165, 1.54) is 28.8 Å². The van der Waals surface area contributed by atoms with Crippen LogP contribution >= 0.6 is 11.6 Å². The van der Waals surface area contributed by atoms with Crippen LogP contribution in [0.25, 0.3) is 33.3 Å². The third kappa shape index (κ3) is 10.6. The summed E-state index contributed by atoms with van der Waals surface area (Å²) in [6, 6.07) is 20.6. The Labute approximate surface area is 405 Å². The van der Waals surface area contributed by atoms with E-state index in [0.717, 1.165) is 61.1 Å². The zero-order valence-electron chi connectivity index (χ0n) is 39.1. The second-order valence-electron chi connectivity index (χ2n) is 19.1. The molecule has 362 valence electrons. The largest absolute Gasteiger partial charge is 0.377 e. The fraction of sp³-hybridized carbons (Fsp3) is 0.388. The van der Waals surface area contributed by atoms with Gasteiger partial charge in [0.05, 0.1) is 52.0 Å². The van der Waals surface area contributed by atoms with E-state index in [2.05, 4.69) is 55.9 Å². The molecule has 0 bridgehead atoms. The normalized spacial score (nSPS) is 18.0. The standard InChI is InChI=1S/C49H56ClN11O7S/c1-49(2)15-13-34(40(26-49)32-5-7-35(50)8-6-32)29-57-17-19-58(20-18-57)36-9-11-39(43(24-36)60-44-23-33-14-16-51-47(33)54-42(44)28-53-60)48(63)55-69(66,67)38-10-12-41(45(25-38)61(64)65)52-27-37-30-59(21-22-68-37)46(62)31-56(3)4/h5-12,14,16,23-25,28,37,52H,13,15,17-22,26-27,29-31H2,1-4H3,(H,51,54)(H,55,63)/t37-/m0/s1. The van der Waals surface area contributed by atoms with Crippen molar-refractivity contribution in [2.45, 2.75) is 44.1 Å². The molecule has 0 radical (unpaired) electrons. The lowest BCUT2D eigenvalue weighted by Crippen LogP contribution is -2.50. The summed E-state index contributed by atoms with van der Waals surface area (Å²) in [6.45, 7) is 9.97. The van der Waals surface area contributed by atoms with Crippen molar-refractivity contribution in [1.82, 2.24) is 39.2 Å². The van der Waals surface area contributed by atoms with E-state index in [9.17, 15) is 28.1 Å². The van der Waals surface area contributed by atoms with E-state index in [0.29, 0.717) is 48.6 Å². The molecule has 18 nitrogen and oxygen atoms in total. The molecule has 9 rings (SSSR count). The molecule has 2 fully saturated rings. The highest BCUT2D eigenvalue weighted by Gasteiger charge is 2.31. The van der Waals surface area contributed by atoms with Crippen molar-refractivity contribution >= 4 is 78.1 Å². The number of carbonyl (C=O) groups excluding carboxylic acids is 2. The monoisotopic (exact) mass is 977 g/mol. The third-order valence-corrected chi connectivity index (χ3v) is 14.8. The molecule has 3 aromatic carbocycles. The first-order valence-corrected chi connectivity index (χ1v) is 24.9. The molecule has 3 N–H and O–H groups in total. The Morgan fingerprint density at radius 3 is 2.55 bits per heavy atom. The number of nitrogens with zero attached hydrogens (tertiary/aromatic N) is 8. The predicted molar refractivity (Wildman–Crippen MR) is 266 cm³/mol. The first kappa shape index (κ1) is 47.7. The van der Waals surface area contributed by atoms with Crippen LogP contribution in [0.3, 0.4) is 0 Å². The van der Waals surface area contributed by atoms with Gasteiger partial charge in [0.1, 0.15) is 16.9 Å². The highest BCUT2D eigenvalue weighted by atomic mass is 35.5. The number of H-pyrrole nitrogens is 1. The number of hydrogen-bond acceptors (Lipinski definition) is 13. The van der Waals surface area contributed by atoms with Crippen molar-refractivity contribution in [3.63, 3.8) is 0 Å². The number of morpholine rings is 1. The van der Waals surface area contributed by atoms with E-state index in [1.807, 2.05) is 30.3 Å². The first-order valence-electron chi connectivity index (χ1n) is 23.0. The van der Waals surface area contributed by atoms with Crippen molar-refractivity contribution in [1.29, 1.82) is 0 Å². The number of carbonyl (C=O) groups is 2. The number of amides is 2. The summed E-state index contributed by atoms with van der Waals surface area (Å²) in [7, 11) is -1.04. The number of nitro groups is 1. The molecular weight excluding hydrogens is 922 g/mol. The minimum absolute atomic E-state index is 0.0143. The number of benzene rings is 3. The number of piperazine rings is 1. The summed E-state index contributed by atoms with van der Waals surface area (Å²) in [4.78, 5) is 54.1. The van der Waals surface area contributed by atoms with Crippen LogP contribution in [0.1, 0.15) is 49.0 Å². The maximum absolute atomic E-state index is 14.3. The molecule has 0 unspecified atom stereocenters. The van der Waals surface area contributed by atoms with Gasteiger partial charge in [-0.25, -0.2) is 22.8 Å². The molecule has 20 heteroatoms. The molecule has 1 atom stereocenters. The number of likely N-dealkylation sites (N-methyl/N-ethyl adjacent to an activating group) is 1. The second-order valence-corrected chi connectivity index (χ2v) is 21.2. The number of nitrogens with one attached hydrogen (secondary N) is 3. The van der Waals surface area contributed by atoms with E-state index in [1.54, 1.807) is 53.1 Å². The summed E-state index contributed by atoms with van der Waals surface area (Å²) < 4.78 is 37.5. The van der Waals surface area contributed by atoms with Crippen molar-refractivity contribution < 1.29 is 27.7 Å². The van der Waals surface area contributed by atoms with Gasteiger partial charge in [-0.05, 0) is 105 Å². The molecule has 2 aliphatic heterocycles. The first-order chi connectivity index (χ1) is 33.0. The highest BCUT2D eigenvalue weighted by molar-refractivity contribution is 7.90. The zero-order chi connectivity index (χ0) is 48.6. The molecule has 0 saturated carbocycles. The summed E-state index contributed by atoms with van der Waals surface area (Å²) in [5.74, 6) is -1.01. The van der Waals surface area contributed by atoms with Crippen molar-refractivity contribution in [2.24, 2.45) is 5.41 Å². The number of fused-ring (bicyclic) bond motifs is 2. The number of nitro benzene ring substituents is 1. The lowest BCUT2D eigenvalue weighted by atomic mass is 9.72. The summed E-state index contributed by atoms with van der Waals surface area (Å²) in [5, 5.41) is 21.5. The number of anilines is 2. The maximum Gasteiger partial charge on any atom is 0.293 e. The predicted octanol–water partition coefficient (Wildman–Crippen LogP) is 6.57. The Bertz CT molecular complexity index is 3070. The Morgan fingerprint density at radius 1 is 1.01 bits per heavy atom. The number of pyridine rings is 1. The molecule has 3 aromatic heterocycles. The van der Waals surface area contributed by atoms with Crippen LogP contribution in [0.5, 0.6) is 0 Å². The van der Waals surface area contributed by atoms with Gasteiger partial charge in [0, 0.05) is 80.7 Å². The molecule has 1 aliphatic carbocycles. The van der Waals surface area contributed by atoms with Crippen LogP contribution < -0.4 is 14.9 Å². The Hall–Kier alpha value is -6.38. The number of sulfonamides is 1. The van der Waals surface area contributed by atoms with Crippen LogP contribution in [0.2, 0.25) is 5.02 Å². The maximum atomic E-state index is 14.3. The van der Waals surface area contributed by atoms with Crippen LogP contribution in [0, 0.1) is 15.5 Å². The average molecular weight is 979 g/mol. The number of hydrogen-bond donors (Lipinski definition) is 3. The summed E-state index contributed by atoms with van der Waals surface area (Å²) in [6.07, 6.45) is 6.08. The van der Waals surface area contributed by atoms with Crippen LogP contribution in [-0.2, 0) is 19.6 Å². The van der Waals surface area contributed by atoms with E-state index in [-0.39, 0.29) is 42.2 Å². The zero-order valence-corrected chi connectivity index (χ0v) is 40.6. The van der Waals surface area contributed by atoms with Crippen molar-refractivity contribution in [2.75, 3.05) is 89.8 Å². The number of aromatic nitrogens is 4. The van der Waals surface area contributed by atoms with Crippen molar-refractivity contribution in [3.8, 4) is 5.69 Å². The molecule has 5 heterocycles. The number of allylic oxidation sites excluding steroid dienone is 1. The molecule has 69 heavy (non-hydrogen) atoms. The third-order valence-electron chi connectivity index (χ3n) is 13.2. The van der Waals surface area contributed by atoms with Gasteiger partial charge in [-0.1, -0.05) is 43.2 Å². The molecule has 6 aromatic rings. The fourth-order valence-electron chi connectivity index (χ4n) is 9.48. The lowest BCUT2D eigenvalue weighted by Gasteiger charge is -2.39. The lowest BCUT2D eigenvalue weighted by molar-refractivity contribution is -0.384. The Balaban J connectivity index is 0.946. The van der Waals surface area contributed by atoms with Gasteiger partial charge in [0.15, 0.2) is 0 Å². The van der Waals surface area contributed by atoms with E-state index < -0.39 is 37.5 Å². The summed E-state index contributed by atoms with van der Waals surface area (Å²) >= 11 is 6.26. The molecule has 2 saturated heterocycles. The molecule has 3 aliphatic rings. The van der Waals surface area contributed by atoms with E-state index in [4.69, 9.17) is 21.3 Å². The van der Waals surface area contributed by atoms with Crippen LogP contribution in [-0.4, -0.2) is 145 Å². The Morgan fingerprint density at radius 2 is 1.80 bits per heavy atom. The van der Waals surface area contributed by atoms with E-state index >= 15 is 0 Å². The quantitative estimate of drug-likeness (QED) is 0.0782. The van der Waals surface area contributed by atoms with Crippen LogP contribution in [0.4, 0.5) is 17.1 Å². The minimum Gasteiger partial charge on any atom is -0.377 e. The SMILES string of the molecule is CN(C)CC(=O)N1CCO[C@@H](CNc2ccc(S(=O)(=O)NC(=O)c3ccc(N4CCN(CC5=C(c6ccc(Cl)cc6)CC(C)(C)CC5)CC4)cc3-n3ncc4nc5[nH]ccc5cc43)cc2[N+](=O)[O-])C1. The topological polar surface area (TPSA) is 204 Å². The number of ether oxygens (including phenoxy) is 1. The number of halogens is 1. The number of aromatic amines is 1. The molecule has 2 amide bonds. The van der Waals surface area contributed by atoms with Gasteiger partial charge >= 0.3 is 0 Å². The summed E-state index contributed by atoms with van der Waals surface area (Å²) in [5.41, 5.74) is 6.84. The molecule has 0 spiro atoms. The van der Waals surface area contributed by atoms with Crippen LogP contribution in [0.15, 0.2) is 95.7 Å². The number of rotatable bonds is 14. The van der Waals surface area contributed by atoms with Gasteiger partial charge in [0.25, 0.3) is 21.6 Å².